The Morgan fingerprint density at radius 1 is 0.966 bits per heavy atom. The van der Waals surface area contributed by atoms with E-state index in [9.17, 15) is 14.4 Å². The highest BCUT2D eigenvalue weighted by Crippen LogP contribution is 2.12. The molecule has 2 aromatic carbocycles. The Morgan fingerprint density at radius 3 is 1.93 bits per heavy atom. The van der Waals surface area contributed by atoms with Gasteiger partial charge in [0, 0.05) is 0 Å². The Morgan fingerprint density at radius 2 is 1.45 bits per heavy atom. The third kappa shape index (κ3) is 5.32. The smallest absolute Gasteiger partial charge is 0.439 e. The molecule has 0 saturated carbocycles. The molecule has 2 aromatic rings. The Labute approximate surface area is 167 Å². The molecule has 9 heteroatoms. The van der Waals surface area contributed by atoms with Gasteiger partial charge < -0.3 is 9.47 Å². The number of urea groups is 1. The number of nitrogens with zero attached hydrogens (tertiary/aromatic N) is 3. The van der Waals surface area contributed by atoms with Gasteiger partial charge in [0.05, 0.1) is 12.3 Å². The van der Waals surface area contributed by atoms with E-state index in [1.165, 1.54) is 0 Å². The summed E-state index contributed by atoms with van der Waals surface area (Å²) in [6, 6.07) is 17.2. The van der Waals surface area contributed by atoms with Crippen LogP contribution in [-0.4, -0.2) is 40.5 Å². The number of hydrogen-bond acceptors (Lipinski definition) is 6. The molecular weight excluding hydrogens is 376 g/mol. The zero-order chi connectivity index (χ0) is 20.6. The maximum absolute atomic E-state index is 12.7. The molecule has 29 heavy (non-hydrogen) atoms. The van der Waals surface area contributed by atoms with E-state index in [0.29, 0.717) is 10.7 Å². The summed E-state index contributed by atoms with van der Waals surface area (Å²) in [5.74, 6) is 0. The predicted molar refractivity (Wildman–Crippen MR) is 103 cm³/mol. The lowest BCUT2D eigenvalue weighted by Gasteiger charge is -2.32. The number of rotatable bonds is 5. The average molecular weight is 396 g/mol. The quantitative estimate of drug-likeness (QED) is 0.836. The van der Waals surface area contributed by atoms with E-state index in [2.05, 4.69) is 10.5 Å². The number of hydrazine groups is 1. The molecule has 4 amide bonds. The van der Waals surface area contributed by atoms with E-state index in [1.807, 2.05) is 12.1 Å². The van der Waals surface area contributed by atoms with Crippen LogP contribution in [0.3, 0.4) is 0 Å². The summed E-state index contributed by atoms with van der Waals surface area (Å²) in [5, 5.41) is 5.23. The average Bonchev–Trinajstić information content (AvgIpc) is 2.75. The molecule has 0 unspecified atom stereocenters. The number of imide groups is 1. The van der Waals surface area contributed by atoms with Crippen LogP contribution in [0.25, 0.3) is 0 Å². The van der Waals surface area contributed by atoms with Crippen LogP contribution in [0, 0.1) is 0 Å². The fourth-order valence-corrected chi connectivity index (χ4v) is 2.52. The number of hydrazone groups is 1. The number of carbonyl (C=O) groups excluding carboxylic acids is 3. The molecule has 0 spiro atoms. The number of hydrogen-bond donors (Lipinski definition) is 1. The lowest BCUT2D eigenvalue weighted by atomic mass is 10.2. The third-order valence-electron chi connectivity index (χ3n) is 3.95. The largest absolute Gasteiger partial charge is 0.443 e. The molecule has 1 N–H and O–H groups in total. The molecule has 0 bridgehead atoms. The Hall–Kier alpha value is -3.88. The normalized spacial score (nSPS) is 13.2. The Kier molecular flexibility index (Phi) is 6.41. The van der Waals surface area contributed by atoms with Gasteiger partial charge in [-0.25, -0.2) is 24.8 Å². The Bertz CT molecular complexity index is 846. The minimum atomic E-state index is -1.03. The van der Waals surface area contributed by atoms with Gasteiger partial charge in [0.25, 0.3) is 0 Å². The highest BCUT2D eigenvalue weighted by Gasteiger charge is 2.36. The molecule has 1 heterocycles. The van der Waals surface area contributed by atoms with E-state index in [1.54, 1.807) is 55.5 Å². The van der Waals surface area contributed by atoms with Gasteiger partial charge in [-0.2, -0.15) is 5.10 Å². The minimum Gasteiger partial charge on any atom is -0.443 e. The lowest BCUT2D eigenvalue weighted by molar-refractivity contribution is 0.000779. The molecule has 1 aliphatic rings. The first-order chi connectivity index (χ1) is 14.0. The number of nitrogens with one attached hydrogen (secondary N) is 1. The summed E-state index contributed by atoms with van der Waals surface area (Å²) in [5.41, 5.74) is 4.21. The van der Waals surface area contributed by atoms with E-state index < -0.39 is 18.2 Å². The first-order valence-electron chi connectivity index (χ1n) is 8.86. The first kappa shape index (κ1) is 19.9. The molecule has 0 atom stereocenters. The summed E-state index contributed by atoms with van der Waals surface area (Å²) in [7, 11) is 0. The lowest BCUT2D eigenvalue weighted by Crippen LogP contribution is -2.58. The second kappa shape index (κ2) is 9.36. The van der Waals surface area contributed by atoms with Crippen molar-refractivity contribution in [2.75, 3.05) is 6.54 Å². The van der Waals surface area contributed by atoms with Crippen LogP contribution >= 0.6 is 0 Å². The van der Waals surface area contributed by atoms with Crippen molar-refractivity contribution in [1.82, 2.24) is 15.4 Å². The minimum absolute atomic E-state index is 0.0628. The molecule has 9 nitrogen and oxygen atoms in total. The maximum Gasteiger partial charge on any atom is 0.439 e. The zero-order valence-corrected chi connectivity index (χ0v) is 15.8. The summed E-state index contributed by atoms with van der Waals surface area (Å²) in [6.45, 7) is 1.46. The number of carbonyl (C=O) groups is 3. The van der Waals surface area contributed by atoms with Crippen LogP contribution in [0.4, 0.5) is 14.4 Å². The summed E-state index contributed by atoms with van der Waals surface area (Å²) >= 11 is 0. The van der Waals surface area contributed by atoms with Crippen molar-refractivity contribution >= 4 is 23.9 Å². The van der Waals surface area contributed by atoms with Gasteiger partial charge in [0.2, 0.25) is 0 Å². The Balaban J connectivity index is 1.73. The second-order valence-corrected chi connectivity index (χ2v) is 6.21. The molecule has 0 aromatic heterocycles. The van der Waals surface area contributed by atoms with Crippen molar-refractivity contribution < 1.29 is 23.9 Å². The highest BCUT2D eigenvalue weighted by atomic mass is 16.6. The molecule has 0 saturated heterocycles. The van der Waals surface area contributed by atoms with Crippen LogP contribution < -0.4 is 5.43 Å². The van der Waals surface area contributed by atoms with E-state index in [4.69, 9.17) is 9.47 Å². The molecule has 0 radical (unpaired) electrons. The standard InChI is InChI=1S/C20H20N4O5/c1-15-12-23(18(25)22-21-15)24(19(26)28-13-16-8-4-2-5-9-16)20(27)29-14-17-10-6-3-7-11-17/h2-11H,12-14H2,1H3,(H,22,25). The molecule has 0 aliphatic carbocycles. The van der Waals surface area contributed by atoms with Crippen molar-refractivity contribution in [2.45, 2.75) is 20.1 Å². The van der Waals surface area contributed by atoms with Gasteiger partial charge in [-0.05, 0) is 18.1 Å². The molecular formula is C20H20N4O5. The number of amides is 4. The fraction of sp³-hybridized carbons (Fsp3) is 0.200. The molecule has 1 aliphatic heterocycles. The van der Waals surface area contributed by atoms with Crippen LogP contribution in [0.15, 0.2) is 65.8 Å². The first-order valence-corrected chi connectivity index (χ1v) is 8.86. The summed E-state index contributed by atoms with van der Waals surface area (Å²) in [6.07, 6.45) is -2.06. The van der Waals surface area contributed by atoms with Crippen molar-refractivity contribution in [1.29, 1.82) is 0 Å². The molecule has 0 fully saturated rings. The fourth-order valence-electron chi connectivity index (χ4n) is 2.52. The van der Waals surface area contributed by atoms with Crippen molar-refractivity contribution in [3.05, 3.63) is 71.8 Å². The van der Waals surface area contributed by atoms with Crippen LogP contribution in [0.5, 0.6) is 0 Å². The molecule has 3 rings (SSSR count). The number of benzene rings is 2. The van der Waals surface area contributed by atoms with Gasteiger partial charge in [-0.1, -0.05) is 60.7 Å². The highest BCUT2D eigenvalue weighted by molar-refractivity contribution is 5.96. The van der Waals surface area contributed by atoms with E-state index >= 15 is 0 Å². The van der Waals surface area contributed by atoms with Gasteiger partial charge in [0.15, 0.2) is 0 Å². The molecule has 150 valence electrons. The summed E-state index contributed by atoms with van der Waals surface area (Å²) < 4.78 is 10.4. The van der Waals surface area contributed by atoms with Gasteiger partial charge in [0.1, 0.15) is 13.2 Å². The van der Waals surface area contributed by atoms with Gasteiger partial charge >= 0.3 is 18.2 Å². The maximum atomic E-state index is 12.7. The van der Waals surface area contributed by atoms with E-state index in [-0.39, 0.29) is 19.8 Å². The monoisotopic (exact) mass is 396 g/mol. The van der Waals surface area contributed by atoms with Crippen molar-refractivity contribution in [2.24, 2.45) is 5.10 Å². The van der Waals surface area contributed by atoms with Crippen LogP contribution in [0.2, 0.25) is 0 Å². The van der Waals surface area contributed by atoms with Crippen LogP contribution in [0.1, 0.15) is 18.1 Å². The van der Waals surface area contributed by atoms with Crippen molar-refractivity contribution in [3.63, 3.8) is 0 Å². The van der Waals surface area contributed by atoms with E-state index in [0.717, 1.165) is 16.1 Å². The third-order valence-corrected chi connectivity index (χ3v) is 3.95. The SMILES string of the molecule is CC1=NNC(=O)N(N(C(=O)OCc2ccccc2)C(=O)OCc2ccccc2)C1. The van der Waals surface area contributed by atoms with Crippen LogP contribution in [-0.2, 0) is 22.7 Å². The topological polar surface area (TPSA) is 101 Å². The zero-order valence-electron chi connectivity index (χ0n) is 15.8. The summed E-state index contributed by atoms with van der Waals surface area (Å²) in [4.78, 5) is 37.5. The number of ether oxygens (including phenoxy) is 2. The predicted octanol–water partition coefficient (Wildman–Crippen LogP) is 3.28. The van der Waals surface area contributed by atoms with Crippen molar-refractivity contribution in [3.8, 4) is 0 Å². The van der Waals surface area contributed by atoms with Gasteiger partial charge in [-0.15, -0.1) is 5.01 Å². The van der Waals surface area contributed by atoms with Gasteiger partial charge in [-0.3, -0.25) is 0 Å². The second-order valence-electron chi connectivity index (χ2n) is 6.21.